The van der Waals surface area contributed by atoms with Crippen LogP contribution in [0.25, 0.3) is 0 Å². The van der Waals surface area contributed by atoms with Crippen LogP contribution >= 0.6 is 0 Å². The molecule has 1 rings (SSSR count). The summed E-state index contributed by atoms with van der Waals surface area (Å²) in [5.74, 6) is -0.706. The molecule has 0 radical (unpaired) electrons. The van der Waals surface area contributed by atoms with E-state index in [1.807, 2.05) is 13.8 Å². The lowest BCUT2D eigenvalue weighted by atomic mass is 9.90. The molecule has 4 nitrogen and oxygen atoms in total. The lowest BCUT2D eigenvalue weighted by Crippen LogP contribution is -2.34. The van der Waals surface area contributed by atoms with Gasteiger partial charge in [0.1, 0.15) is 6.61 Å². The highest BCUT2D eigenvalue weighted by molar-refractivity contribution is 5.81. The topological polar surface area (TPSA) is 52.6 Å². The molecule has 18 heavy (non-hydrogen) atoms. The summed E-state index contributed by atoms with van der Waals surface area (Å²) in [4.78, 5) is 23.1. The first-order valence-corrected chi connectivity index (χ1v) is 6.83. The van der Waals surface area contributed by atoms with Crippen LogP contribution < -0.4 is 0 Å². The molecule has 0 aromatic rings. The zero-order chi connectivity index (χ0) is 13.6. The predicted molar refractivity (Wildman–Crippen MR) is 68.0 cm³/mol. The number of rotatable bonds is 7. The third kappa shape index (κ3) is 4.31. The van der Waals surface area contributed by atoms with Crippen LogP contribution in [0.2, 0.25) is 0 Å². The van der Waals surface area contributed by atoms with Gasteiger partial charge in [-0.1, -0.05) is 46.5 Å². The zero-order valence-electron chi connectivity index (χ0n) is 11.7. The summed E-state index contributed by atoms with van der Waals surface area (Å²) >= 11 is 0. The molecular weight excluding hydrogens is 232 g/mol. The van der Waals surface area contributed by atoms with E-state index in [9.17, 15) is 9.59 Å². The van der Waals surface area contributed by atoms with Crippen molar-refractivity contribution in [3.63, 3.8) is 0 Å². The van der Waals surface area contributed by atoms with Gasteiger partial charge in [-0.25, -0.2) is 4.79 Å². The molecule has 0 bridgehead atoms. The second-order valence-corrected chi connectivity index (χ2v) is 5.63. The van der Waals surface area contributed by atoms with Crippen molar-refractivity contribution >= 4 is 11.9 Å². The minimum absolute atomic E-state index is 0.288. The SMILES string of the molecule is CCCCCCCC(=O)O[C@H]1C(=O)OCC1(C)C. The van der Waals surface area contributed by atoms with Crippen LogP contribution in [0.15, 0.2) is 0 Å². The standard InChI is InChI=1S/C14H24O4/c1-4-5-6-7-8-9-11(15)18-12-13(16)17-10-14(12,2)3/h12H,4-10H2,1-3H3/t12-/m0/s1. The first-order chi connectivity index (χ1) is 8.47. The fourth-order valence-corrected chi connectivity index (χ4v) is 2.00. The molecule has 0 aromatic carbocycles. The Balaban J connectivity index is 2.25. The molecule has 0 unspecified atom stereocenters. The van der Waals surface area contributed by atoms with Gasteiger partial charge >= 0.3 is 11.9 Å². The molecule has 0 aliphatic carbocycles. The van der Waals surface area contributed by atoms with Crippen molar-refractivity contribution in [2.45, 2.75) is 65.4 Å². The molecule has 0 saturated carbocycles. The Hall–Kier alpha value is -1.06. The minimum atomic E-state index is -0.736. The van der Waals surface area contributed by atoms with Crippen LogP contribution in [-0.2, 0) is 19.1 Å². The number of unbranched alkanes of at least 4 members (excludes halogenated alkanes) is 4. The number of carbonyl (C=O) groups excluding carboxylic acids is 2. The average molecular weight is 256 g/mol. The lowest BCUT2D eigenvalue weighted by Gasteiger charge is -2.21. The molecular formula is C14H24O4. The van der Waals surface area contributed by atoms with Crippen LogP contribution in [0.5, 0.6) is 0 Å². The predicted octanol–water partition coefficient (Wildman–Crippen LogP) is 2.84. The molecule has 1 aliphatic heterocycles. The monoisotopic (exact) mass is 256 g/mol. The highest BCUT2D eigenvalue weighted by atomic mass is 16.6. The van der Waals surface area contributed by atoms with E-state index in [1.165, 1.54) is 12.8 Å². The third-order valence-electron chi connectivity index (χ3n) is 3.24. The zero-order valence-corrected chi connectivity index (χ0v) is 11.7. The highest BCUT2D eigenvalue weighted by Crippen LogP contribution is 2.31. The molecule has 104 valence electrons. The third-order valence-corrected chi connectivity index (χ3v) is 3.24. The number of esters is 2. The molecule has 0 aromatic heterocycles. The number of ether oxygens (including phenoxy) is 2. The van der Waals surface area contributed by atoms with E-state index in [0.717, 1.165) is 19.3 Å². The van der Waals surface area contributed by atoms with E-state index in [2.05, 4.69) is 6.92 Å². The number of cyclic esters (lactones) is 1. The molecule has 0 N–H and O–H groups in total. The van der Waals surface area contributed by atoms with E-state index in [-0.39, 0.29) is 5.97 Å². The Bertz CT molecular complexity index is 296. The van der Waals surface area contributed by atoms with Crippen molar-refractivity contribution in [2.24, 2.45) is 5.41 Å². The maximum absolute atomic E-state index is 11.6. The molecule has 1 heterocycles. The van der Waals surface area contributed by atoms with Gasteiger partial charge in [-0.05, 0) is 6.42 Å². The van der Waals surface area contributed by atoms with Gasteiger partial charge in [-0.2, -0.15) is 0 Å². The molecule has 4 heteroatoms. The van der Waals surface area contributed by atoms with E-state index in [0.29, 0.717) is 13.0 Å². The molecule has 1 saturated heterocycles. The quantitative estimate of drug-likeness (QED) is 0.519. The lowest BCUT2D eigenvalue weighted by molar-refractivity contribution is -0.163. The van der Waals surface area contributed by atoms with Gasteiger partial charge < -0.3 is 9.47 Å². The average Bonchev–Trinajstić information content (AvgIpc) is 2.56. The highest BCUT2D eigenvalue weighted by Gasteiger charge is 2.46. The van der Waals surface area contributed by atoms with E-state index in [1.54, 1.807) is 0 Å². The van der Waals surface area contributed by atoms with Crippen molar-refractivity contribution in [2.75, 3.05) is 6.61 Å². The molecule has 0 spiro atoms. The molecule has 0 amide bonds. The fraction of sp³-hybridized carbons (Fsp3) is 0.857. The maximum Gasteiger partial charge on any atom is 0.348 e. The summed E-state index contributed by atoms with van der Waals surface area (Å²) in [6.07, 6.45) is 5.08. The van der Waals surface area contributed by atoms with Gasteiger partial charge in [-0.15, -0.1) is 0 Å². The Labute approximate surface area is 109 Å². The largest absolute Gasteiger partial charge is 0.462 e. The van der Waals surface area contributed by atoms with E-state index in [4.69, 9.17) is 9.47 Å². The van der Waals surface area contributed by atoms with Crippen molar-refractivity contribution in [1.82, 2.24) is 0 Å². The van der Waals surface area contributed by atoms with Crippen molar-refractivity contribution in [3.05, 3.63) is 0 Å². The summed E-state index contributed by atoms with van der Waals surface area (Å²) in [5, 5.41) is 0. The minimum Gasteiger partial charge on any atom is -0.462 e. The fourth-order valence-electron chi connectivity index (χ4n) is 2.00. The molecule has 1 atom stereocenters. The first-order valence-electron chi connectivity index (χ1n) is 6.83. The Kier molecular flexibility index (Phi) is 5.63. The molecule has 1 aliphatic rings. The van der Waals surface area contributed by atoms with Crippen molar-refractivity contribution in [1.29, 1.82) is 0 Å². The van der Waals surface area contributed by atoms with Gasteiger partial charge in [0.2, 0.25) is 6.10 Å². The summed E-state index contributed by atoms with van der Waals surface area (Å²) in [6.45, 7) is 6.22. The van der Waals surface area contributed by atoms with Crippen LogP contribution in [0.1, 0.15) is 59.3 Å². The van der Waals surface area contributed by atoms with Crippen LogP contribution in [-0.4, -0.2) is 24.6 Å². The van der Waals surface area contributed by atoms with E-state index < -0.39 is 17.5 Å². The first kappa shape index (κ1) is 15.0. The Morgan fingerprint density at radius 1 is 1.33 bits per heavy atom. The van der Waals surface area contributed by atoms with Gasteiger partial charge in [-0.3, -0.25) is 4.79 Å². The van der Waals surface area contributed by atoms with Crippen molar-refractivity contribution < 1.29 is 19.1 Å². The second-order valence-electron chi connectivity index (χ2n) is 5.63. The number of hydrogen-bond donors (Lipinski definition) is 0. The van der Waals surface area contributed by atoms with Crippen LogP contribution in [0, 0.1) is 5.41 Å². The number of carbonyl (C=O) groups is 2. The Morgan fingerprint density at radius 3 is 2.56 bits per heavy atom. The molecule has 1 fully saturated rings. The van der Waals surface area contributed by atoms with Crippen molar-refractivity contribution in [3.8, 4) is 0 Å². The maximum atomic E-state index is 11.6. The summed E-state index contributed by atoms with van der Waals surface area (Å²) in [6, 6.07) is 0. The number of hydrogen-bond acceptors (Lipinski definition) is 4. The van der Waals surface area contributed by atoms with Crippen LogP contribution in [0.3, 0.4) is 0 Å². The van der Waals surface area contributed by atoms with Gasteiger partial charge in [0, 0.05) is 11.8 Å². The summed E-state index contributed by atoms with van der Waals surface area (Å²) in [5.41, 5.74) is -0.408. The summed E-state index contributed by atoms with van der Waals surface area (Å²) in [7, 11) is 0. The Morgan fingerprint density at radius 2 is 2.00 bits per heavy atom. The van der Waals surface area contributed by atoms with E-state index >= 15 is 0 Å². The normalized spacial score (nSPS) is 21.7. The van der Waals surface area contributed by atoms with Gasteiger partial charge in [0.15, 0.2) is 0 Å². The van der Waals surface area contributed by atoms with Gasteiger partial charge in [0.25, 0.3) is 0 Å². The van der Waals surface area contributed by atoms with Crippen LogP contribution in [0.4, 0.5) is 0 Å². The smallest absolute Gasteiger partial charge is 0.348 e. The summed E-state index contributed by atoms with van der Waals surface area (Å²) < 4.78 is 10.2. The second kappa shape index (κ2) is 6.76. The van der Waals surface area contributed by atoms with Gasteiger partial charge in [0.05, 0.1) is 0 Å².